The number of hydrogen-bond acceptors (Lipinski definition) is 5. The summed E-state index contributed by atoms with van der Waals surface area (Å²) < 4.78 is 91.2. The van der Waals surface area contributed by atoms with Crippen LogP contribution < -0.4 is 0 Å². The molecule has 0 atom stereocenters. The molecule has 3 heterocycles. The van der Waals surface area contributed by atoms with Crippen LogP contribution in [0.3, 0.4) is 0 Å². The summed E-state index contributed by atoms with van der Waals surface area (Å²) in [7, 11) is -2.39. The summed E-state index contributed by atoms with van der Waals surface area (Å²) in [6, 6.07) is 1.72. The number of fused-ring (bicyclic) bond motifs is 1. The van der Waals surface area contributed by atoms with Gasteiger partial charge in [0.15, 0.2) is 21.3 Å². The van der Waals surface area contributed by atoms with Crippen LogP contribution in [0.2, 0.25) is 5.02 Å². The number of sulfone groups is 1. The molecular formula is C16H12ClF5N4O2S. The molecule has 0 unspecified atom stereocenters. The largest absolute Gasteiger partial charge is 0.458 e. The standard InChI is InChI=1S/C16H12ClF5N4O2S/c1-3-29(27,28)11-5-9(17)7-23-12(11)14-25-10-4-8(6-24-13(10)26(14)2)15(18,19)16(20,21)22/h4-7H,3H2,1-2H3. The topological polar surface area (TPSA) is 77.7 Å². The molecule has 0 N–H and O–H groups in total. The third-order valence-electron chi connectivity index (χ3n) is 4.17. The molecule has 0 saturated heterocycles. The van der Waals surface area contributed by atoms with Crippen LogP contribution in [0.4, 0.5) is 22.0 Å². The van der Waals surface area contributed by atoms with Crippen LogP contribution in [-0.4, -0.2) is 39.9 Å². The Hall–Kier alpha value is -2.34. The number of alkyl halides is 5. The van der Waals surface area contributed by atoms with Gasteiger partial charge in [-0.25, -0.2) is 18.4 Å². The summed E-state index contributed by atoms with van der Waals surface area (Å²) in [5.41, 5.74) is -1.81. The van der Waals surface area contributed by atoms with Gasteiger partial charge in [0.25, 0.3) is 0 Å². The van der Waals surface area contributed by atoms with Gasteiger partial charge in [-0.15, -0.1) is 0 Å². The fourth-order valence-corrected chi connectivity index (χ4v) is 3.88. The van der Waals surface area contributed by atoms with Crippen molar-refractivity contribution in [3.05, 3.63) is 35.1 Å². The molecule has 13 heteroatoms. The van der Waals surface area contributed by atoms with Gasteiger partial charge in [-0.1, -0.05) is 18.5 Å². The van der Waals surface area contributed by atoms with Crippen LogP contribution >= 0.6 is 11.6 Å². The van der Waals surface area contributed by atoms with E-state index < -0.39 is 27.5 Å². The average molecular weight is 455 g/mol. The van der Waals surface area contributed by atoms with E-state index in [1.807, 2.05) is 0 Å². The molecule has 0 spiro atoms. The lowest BCUT2D eigenvalue weighted by Gasteiger charge is -2.19. The molecule has 0 aliphatic rings. The first-order valence-corrected chi connectivity index (χ1v) is 9.98. The molecule has 0 amide bonds. The normalized spacial score (nSPS) is 13.2. The van der Waals surface area contributed by atoms with E-state index >= 15 is 0 Å². The Bertz CT molecular complexity index is 1210. The van der Waals surface area contributed by atoms with E-state index in [0.29, 0.717) is 12.3 Å². The molecule has 156 valence electrons. The number of halogens is 6. The number of nitrogens with zero attached hydrogens (tertiary/aromatic N) is 4. The van der Waals surface area contributed by atoms with Crippen LogP contribution in [0.1, 0.15) is 12.5 Å². The van der Waals surface area contributed by atoms with E-state index in [4.69, 9.17) is 11.6 Å². The van der Waals surface area contributed by atoms with E-state index in [2.05, 4.69) is 15.0 Å². The van der Waals surface area contributed by atoms with Crippen LogP contribution in [-0.2, 0) is 22.8 Å². The van der Waals surface area contributed by atoms with Gasteiger partial charge in [0.2, 0.25) is 0 Å². The molecule has 3 rings (SSSR count). The molecule has 0 aliphatic heterocycles. The lowest BCUT2D eigenvalue weighted by molar-refractivity contribution is -0.289. The lowest BCUT2D eigenvalue weighted by atomic mass is 10.1. The third kappa shape index (κ3) is 3.54. The Balaban J connectivity index is 2.25. The highest BCUT2D eigenvalue weighted by Gasteiger charge is 2.59. The van der Waals surface area contributed by atoms with Gasteiger partial charge in [-0.2, -0.15) is 22.0 Å². The smallest absolute Gasteiger partial charge is 0.310 e. The number of imidazole rings is 1. The minimum absolute atomic E-state index is 0.0293. The van der Waals surface area contributed by atoms with Crippen molar-refractivity contribution >= 4 is 32.6 Å². The Morgan fingerprint density at radius 1 is 1.10 bits per heavy atom. The highest BCUT2D eigenvalue weighted by atomic mass is 35.5. The molecule has 0 bridgehead atoms. The summed E-state index contributed by atoms with van der Waals surface area (Å²) in [6.07, 6.45) is -4.23. The quantitative estimate of drug-likeness (QED) is 0.554. The molecule has 0 radical (unpaired) electrons. The minimum Gasteiger partial charge on any atom is -0.310 e. The fraction of sp³-hybridized carbons (Fsp3) is 0.312. The van der Waals surface area contributed by atoms with Crippen LogP contribution in [0.15, 0.2) is 29.4 Å². The molecule has 0 aliphatic carbocycles. The molecular weight excluding hydrogens is 443 g/mol. The van der Waals surface area contributed by atoms with Gasteiger partial charge in [0.05, 0.1) is 21.2 Å². The zero-order chi connectivity index (χ0) is 21.8. The van der Waals surface area contributed by atoms with Crippen LogP contribution in [0.25, 0.3) is 22.7 Å². The van der Waals surface area contributed by atoms with Crippen molar-refractivity contribution in [1.29, 1.82) is 0 Å². The summed E-state index contributed by atoms with van der Waals surface area (Å²) >= 11 is 5.84. The van der Waals surface area contributed by atoms with Crippen molar-refractivity contribution in [3.63, 3.8) is 0 Å². The second-order valence-electron chi connectivity index (χ2n) is 6.04. The Morgan fingerprint density at radius 3 is 2.34 bits per heavy atom. The minimum atomic E-state index is -5.81. The molecule has 29 heavy (non-hydrogen) atoms. The maximum atomic E-state index is 13.6. The predicted molar refractivity (Wildman–Crippen MR) is 94.4 cm³/mol. The third-order valence-corrected chi connectivity index (χ3v) is 6.12. The molecule has 0 fully saturated rings. The number of rotatable bonds is 4. The molecule has 6 nitrogen and oxygen atoms in total. The Kier molecular flexibility index (Phi) is 5.06. The van der Waals surface area contributed by atoms with E-state index in [9.17, 15) is 30.4 Å². The van der Waals surface area contributed by atoms with Gasteiger partial charge in [-0.05, 0) is 12.1 Å². The second-order valence-corrected chi connectivity index (χ2v) is 8.72. The van der Waals surface area contributed by atoms with Gasteiger partial charge >= 0.3 is 12.1 Å². The molecule has 3 aromatic rings. The second kappa shape index (κ2) is 6.87. The van der Waals surface area contributed by atoms with E-state index in [1.54, 1.807) is 0 Å². The Morgan fingerprint density at radius 2 is 1.76 bits per heavy atom. The molecule has 0 saturated carbocycles. The Labute approximate surface area is 166 Å². The number of aryl methyl sites for hydroxylation is 1. The summed E-state index contributed by atoms with van der Waals surface area (Å²) in [5, 5.41) is 0.0461. The summed E-state index contributed by atoms with van der Waals surface area (Å²) in [6.45, 7) is 1.40. The van der Waals surface area contributed by atoms with E-state index in [0.717, 1.165) is 0 Å². The lowest BCUT2D eigenvalue weighted by Crippen LogP contribution is -2.33. The van der Waals surface area contributed by atoms with Gasteiger partial charge < -0.3 is 4.57 Å². The highest BCUT2D eigenvalue weighted by molar-refractivity contribution is 7.91. The number of aromatic nitrogens is 4. The number of pyridine rings is 2. The number of hydrogen-bond donors (Lipinski definition) is 0. The van der Waals surface area contributed by atoms with Crippen molar-refractivity contribution in [2.45, 2.75) is 23.9 Å². The van der Waals surface area contributed by atoms with Crippen molar-refractivity contribution in [3.8, 4) is 11.5 Å². The van der Waals surface area contributed by atoms with E-state index in [1.165, 1.54) is 30.8 Å². The molecule has 0 aromatic carbocycles. The average Bonchev–Trinajstić information content (AvgIpc) is 2.96. The van der Waals surface area contributed by atoms with E-state index in [-0.39, 0.29) is 38.4 Å². The SMILES string of the molecule is CCS(=O)(=O)c1cc(Cl)cnc1-c1nc2cc(C(F)(F)C(F)(F)F)cnc2n1C. The maximum Gasteiger partial charge on any atom is 0.458 e. The van der Waals surface area contributed by atoms with Crippen molar-refractivity contribution in [2.24, 2.45) is 7.05 Å². The maximum absolute atomic E-state index is 13.6. The van der Waals surface area contributed by atoms with Crippen LogP contribution in [0, 0.1) is 0 Å². The van der Waals surface area contributed by atoms with Gasteiger partial charge in [0.1, 0.15) is 11.2 Å². The van der Waals surface area contributed by atoms with Crippen molar-refractivity contribution in [2.75, 3.05) is 5.75 Å². The summed E-state index contributed by atoms with van der Waals surface area (Å²) in [4.78, 5) is 11.4. The summed E-state index contributed by atoms with van der Waals surface area (Å²) in [5.74, 6) is -5.48. The molecule has 3 aromatic heterocycles. The van der Waals surface area contributed by atoms with Crippen molar-refractivity contribution < 1.29 is 30.4 Å². The first kappa shape index (κ1) is 21.4. The first-order chi connectivity index (χ1) is 13.3. The first-order valence-electron chi connectivity index (χ1n) is 7.95. The monoisotopic (exact) mass is 454 g/mol. The predicted octanol–water partition coefficient (Wildman–Crippen LogP) is 4.13. The van der Waals surface area contributed by atoms with Gasteiger partial charge in [-0.3, -0.25) is 4.98 Å². The fourth-order valence-electron chi connectivity index (χ4n) is 2.60. The van der Waals surface area contributed by atoms with Gasteiger partial charge in [0, 0.05) is 19.4 Å². The zero-order valence-electron chi connectivity index (χ0n) is 14.8. The van der Waals surface area contributed by atoms with Crippen molar-refractivity contribution in [1.82, 2.24) is 19.5 Å². The highest BCUT2D eigenvalue weighted by Crippen LogP contribution is 2.44. The van der Waals surface area contributed by atoms with Crippen LogP contribution in [0.5, 0.6) is 0 Å². The zero-order valence-corrected chi connectivity index (χ0v) is 16.4.